The maximum Gasteiger partial charge on any atom is -0.00258 e. The Morgan fingerprint density at radius 1 is 0.900 bits per heavy atom. The molecular weight excluding hydrogens is 242 g/mol. The van der Waals surface area contributed by atoms with Gasteiger partial charge in [0.15, 0.2) is 0 Å². The number of nitrogens with one attached hydrogen (secondary N) is 1. The summed E-state index contributed by atoms with van der Waals surface area (Å²) in [6.07, 6.45) is 3.80. The van der Waals surface area contributed by atoms with E-state index in [-0.39, 0.29) is 0 Å². The molecule has 0 spiro atoms. The lowest BCUT2D eigenvalue weighted by Gasteiger charge is -2.13. The molecule has 0 saturated heterocycles. The van der Waals surface area contributed by atoms with Gasteiger partial charge < -0.3 is 5.32 Å². The van der Waals surface area contributed by atoms with Crippen LogP contribution in [0.2, 0.25) is 0 Å². The van der Waals surface area contributed by atoms with Gasteiger partial charge in [-0.05, 0) is 61.2 Å². The fourth-order valence-corrected chi connectivity index (χ4v) is 2.37. The minimum absolute atomic E-state index is 0.634. The van der Waals surface area contributed by atoms with Crippen LogP contribution in [0.15, 0.2) is 24.3 Å². The third-order valence-electron chi connectivity index (χ3n) is 3.94. The molecule has 0 aliphatic carbocycles. The number of hydrogen-bond donors (Lipinski definition) is 1. The topological polar surface area (TPSA) is 12.0 Å². The molecular formula is C19H33N. The molecule has 1 nitrogen and oxygen atoms in total. The van der Waals surface area contributed by atoms with E-state index in [0.717, 1.165) is 24.9 Å². The van der Waals surface area contributed by atoms with Crippen molar-refractivity contribution < 1.29 is 0 Å². The van der Waals surface area contributed by atoms with Crippen molar-refractivity contribution in [2.45, 2.75) is 59.8 Å². The minimum atomic E-state index is 0.634. The molecule has 1 aromatic carbocycles. The van der Waals surface area contributed by atoms with Crippen LogP contribution in [0.5, 0.6) is 0 Å². The number of aryl methyl sites for hydroxylation is 1. The van der Waals surface area contributed by atoms with Crippen LogP contribution >= 0.6 is 0 Å². The third kappa shape index (κ3) is 7.09. The highest BCUT2D eigenvalue weighted by Gasteiger charge is 2.04. The van der Waals surface area contributed by atoms with Gasteiger partial charge in [0.25, 0.3) is 0 Å². The Morgan fingerprint density at radius 3 is 2.10 bits per heavy atom. The summed E-state index contributed by atoms with van der Waals surface area (Å²) in [4.78, 5) is 0. The highest BCUT2D eigenvalue weighted by Crippen LogP contribution is 2.17. The lowest BCUT2D eigenvalue weighted by Crippen LogP contribution is -2.22. The highest BCUT2D eigenvalue weighted by molar-refractivity contribution is 5.24. The monoisotopic (exact) mass is 275 g/mol. The average molecular weight is 275 g/mol. The lowest BCUT2D eigenvalue weighted by molar-refractivity contribution is 0.454. The second-order valence-electron chi connectivity index (χ2n) is 6.93. The fraction of sp³-hybridized carbons (Fsp3) is 0.684. The van der Waals surface area contributed by atoms with Crippen molar-refractivity contribution in [3.63, 3.8) is 0 Å². The van der Waals surface area contributed by atoms with Crippen molar-refractivity contribution in [3.8, 4) is 0 Å². The molecule has 114 valence electrons. The van der Waals surface area contributed by atoms with Gasteiger partial charge in [-0.1, -0.05) is 58.9 Å². The van der Waals surface area contributed by atoms with Crippen LogP contribution in [0.3, 0.4) is 0 Å². The molecule has 0 aromatic heterocycles. The summed E-state index contributed by atoms with van der Waals surface area (Å²) < 4.78 is 0. The van der Waals surface area contributed by atoms with E-state index >= 15 is 0 Å². The van der Waals surface area contributed by atoms with Crippen LogP contribution in [0.4, 0.5) is 0 Å². The number of hydrogen-bond acceptors (Lipinski definition) is 1. The summed E-state index contributed by atoms with van der Waals surface area (Å²) in [5.74, 6) is 2.19. The van der Waals surface area contributed by atoms with Crippen molar-refractivity contribution in [2.24, 2.45) is 11.8 Å². The van der Waals surface area contributed by atoms with Crippen molar-refractivity contribution in [1.29, 1.82) is 0 Å². The number of rotatable bonds is 9. The van der Waals surface area contributed by atoms with Crippen LogP contribution in [0.1, 0.15) is 64.5 Å². The predicted octanol–water partition coefficient (Wildman–Crippen LogP) is 5.01. The lowest BCUT2D eigenvalue weighted by atomic mass is 9.96. The molecule has 0 bridgehead atoms. The molecule has 0 amide bonds. The Balaban J connectivity index is 2.21. The van der Waals surface area contributed by atoms with Gasteiger partial charge in [0.05, 0.1) is 0 Å². The summed E-state index contributed by atoms with van der Waals surface area (Å²) in [6, 6.07) is 9.18. The molecule has 0 heterocycles. The summed E-state index contributed by atoms with van der Waals surface area (Å²) in [6.45, 7) is 13.7. The van der Waals surface area contributed by atoms with E-state index in [0.29, 0.717) is 5.92 Å². The second kappa shape index (κ2) is 9.18. The van der Waals surface area contributed by atoms with E-state index in [1.165, 1.54) is 30.4 Å². The molecule has 1 unspecified atom stereocenters. The Kier molecular flexibility index (Phi) is 7.91. The smallest absolute Gasteiger partial charge is 0.00258 e. The molecule has 1 aromatic rings. The first-order valence-electron chi connectivity index (χ1n) is 8.28. The molecule has 1 heteroatoms. The van der Waals surface area contributed by atoms with Gasteiger partial charge in [0, 0.05) is 0 Å². The first-order valence-corrected chi connectivity index (χ1v) is 8.28. The van der Waals surface area contributed by atoms with E-state index in [1.54, 1.807) is 0 Å². The predicted molar refractivity (Wildman–Crippen MR) is 90.3 cm³/mol. The number of benzene rings is 1. The molecule has 1 rings (SSSR count). The second-order valence-corrected chi connectivity index (χ2v) is 6.93. The Labute approximate surface area is 126 Å². The van der Waals surface area contributed by atoms with Gasteiger partial charge in [-0.2, -0.15) is 0 Å². The van der Waals surface area contributed by atoms with E-state index in [1.807, 2.05) is 0 Å². The van der Waals surface area contributed by atoms with Crippen LogP contribution in [-0.4, -0.2) is 13.1 Å². The van der Waals surface area contributed by atoms with Crippen molar-refractivity contribution in [1.82, 2.24) is 5.32 Å². The Bertz CT molecular complexity index is 351. The molecule has 0 saturated carbocycles. The standard InChI is InChI=1S/C19H33N/c1-15(2)14-20-13-12-17(5)6-7-18-8-10-19(11-9-18)16(3)4/h8-11,15-17,20H,6-7,12-14H2,1-5H3. The zero-order valence-corrected chi connectivity index (χ0v) is 14.1. The van der Waals surface area contributed by atoms with Crippen molar-refractivity contribution in [3.05, 3.63) is 35.4 Å². The minimum Gasteiger partial charge on any atom is -0.316 e. The van der Waals surface area contributed by atoms with Crippen LogP contribution in [-0.2, 0) is 6.42 Å². The molecule has 0 aliphatic heterocycles. The van der Waals surface area contributed by atoms with E-state index in [9.17, 15) is 0 Å². The SMILES string of the molecule is CC(C)CNCCC(C)CCc1ccc(C(C)C)cc1. The van der Waals surface area contributed by atoms with Gasteiger partial charge in [-0.25, -0.2) is 0 Å². The molecule has 20 heavy (non-hydrogen) atoms. The molecule has 0 radical (unpaired) electrons. The maximum atomic E-state index is 3.53. The van der Waals surface area contributed by atoms with Crippen LogP contribution < -0.4 is 5.32 Å². The normalized spacial score (nSPS) is 13.2. The molecule has 1 atom stereocenters. The first kappa shape index (κ1) is 17.2. The van der Waals surface area contributed by atoms with E-state index in [2.05, 4.69) is 64.2 Å². The van der Waals surface area contributed by atoms with Gasteiger partial charge in [-0.15, -0.1) is 0 Å². The van der Waals surface area contributed by atoms with Gasteiger partial charge in [0.1, 0.15) is 0 Å². The van der Waals surface area contributed by atoms with E-state index in [4.69, 9.17) is 0 Å². The quantitative estimate of drug-likeness (QED) is 0.624. The largest absolute Gasteiger partial charge is 0.316 e. The van der Waals surface area contributed by atoms with Gasteiger partial charge in [-0.3, -0.25) is 0 Å². The van der Waals surface area contributed by atoms with Crippen LogP contribution in [0.25, 0.3) is 0 Å². The molecule has 1 N–H and O–H groups in total. The summed E-state index contributed by atoms with van der Waals surface area (Å²) in [5.41, 5.74) is 2.93. The third-order valence-corrected chi connectivity index (χ3v) is 3.94. The van der Waals surface area contributed by atoms with Gasteiger partial charge >= 0.3 is 0 Å². The summed E-state index contributed by atoms with van der Waals surface area (Å²) in [5, 5.41) is 3.53. The van der Waals surface area contributed by atoms with Crippen LogP contribution in [0, 0.1) is 11.8 Å². The zero-order chi connectivity index (χ0) is 15.0. The Hall–Kier alpha value is -0.820. The summed E-state index contributed by atoms with van der Waals surface area (Å²) >= 11 is 0. The van der Waals surface area contributed by atoms with Crippen molar-refractivity contribution in [2.75, 3.05) is 13.1 Å². The van der Waals surface area contributed by atoms with Crippen molar-refractivity contribution >= 4 is 0 Å². The van der Waals surface area contributed by atoms with E-state index < -0.39 is 0 Å². The highest BCUT2D eigenvalue weighted by atomic mass is 14.8. The molecule has 0 fully saturated rings. The first-order chi connectivity index (χ1) is 9.49. The maximum absolute atomic E-state index is 3.53. The Morgan fingerprint density at radius 2 is 1.55 bits per heavy atom. The van der Waals surface area contributed by atoms with Gasteiger partial charge in [0.2, 0.25) is 0 Å². The fourth-order valence-electron chi connectivity index (χ4n) is 2.37. The average Bonchev–Trinajstić information content (AvgIpc) is 2.41. The zero-order valence-electron chi connectivity index (χ0n) is 14.1. The summed E-state index contributed by atoms with van der Waals surface area (Å²) in [7, 11) is 0. The molecule has 0 aliphatic rings.